The number of benzene rings is 1. The number of carbonyl (C=O) groups excluding carboxylic acids is 1. The highest BCUT2D eigenvalue weighted by Gasteiger charge is 2.47. The molecule has 2 aliphatic carbocycles. The molecule has 4 aromatic rings. The summed E-state index contributed by atoms with van der Waals surface area (Å²) in [6, 6.07) is 10.9. The Hall–Kier alpha value is -3.79. The zero-order valence-electron chi connectivity index (χ0n) is 19.7. The summed E-state index contributed by atoms with van der Waals surface area (Å²) in [5, 5.41) is 3.70. The average Bonchev–Trinajstić information content (AvgIpc) is 3.82. The van der Waals surface area contributed by atoms with Crippen molar-refractivity contribution in [1.82, 2.24) is 24.2 Å². The highest BCUT2D eigenvalue weighted by atomic mass is 32.2. The summed E-state index contributed by atoms with van der Waals surface area (Å²) in [5.41, 5.74) is 2.67. The molecule has 9 nitrogen and oxygen atoms in total. The number of carbonyl (C=O) groups is 1. The number of nitrogens with zero attached hydrogens (tertiary/aromatic N) is 4. The van der Waals surface area contributed by atoms with Crippen LogP contribution in [0.15, 0.2) is 61.2 Å². The SMILES string of the molecule is CCOc1cncc(-c2ccc(C(=O)NC3(c4cccc5c4ccn5S(=O)(=O)C4CC4)CC3)nc2)n1. The number of hydrogen-bond donors (Lipinski definition) is 1. The molecule has 0 atom stereocenters. The molecular weight excluding hydrogens is 478 g/mol. The van der Waals surface area contributed by atoms with Crippen LogP contribution in [0.5, 0.6) is 5.88 Å². The van der Waals surface area contributed by atoms with Crippen molar-refractivity contribution in [2.75, 3.05) is 6.61 Å². The van der Waals surface area contributed by atoms with E-state index >= 15 is 0 Å². The van der Waals surface area contributed by atoms with Gasteiger partial charge in [-0.15, -0.1) is 0 Å². The number of ether oxygens (including phenoxy) is 1. The molecule has 2 saturated carbocycles. The Balaban J connectivity index is 1.25. The summed E-state index contributed by atoms with van der Waals surface area (Å²) in [6.45, 7) is 2.37. The van der Waals surface area contributed by atoms with Crippen molar-refractivity contribution in [2.24, 2.45) is 0 Å². The Labute approximate surface area is 208 Å². The summed E-state index contributed by atoms with van der Waals surface area (Å²) < 4.78 is 32.5. The van der Waals surface area contributed by atoms with Gasteiger partial charge in [0.25, 0.3) is 5.91 Å². The number of nitrogens with one attached hydrogen (secondary N) is 1. The maximum absolute atomic E-state index is 13.1. The minimum absolute atomic E-state index is 0.282. The number of pyridine rings is 1. The van der Waals surface area contributed by atoms with Crippen LogP contribution in [0.1, 0.15) is 48.7 Å². The van der Waals surface area contributed by atoms with E-state index in [0.717, 1.165) is 29.4 Å². The van der Waals surface area contributed by atoms with E-state index in [1.807, 2.05) is 31.2 Å². The van der Waals surface area contributed by atoms with Crippen molar-refractivity contribution < 1.29 is 17.9 Å². The summed E-state index contributed by atoms with van der Waals surface area (Å²) in [4.78, 5) is 26.1. The minimum atomic E-state index is -3.39. The molecule has 0 saturated heterocycles. The van der Waals surface area contributed by atoms with Gasteiger partial charge < -0.3 is 10.1 Å². The minimum Gasteiger partial charge on any atom is -0.477 e. The first-order valence-corrected chi connectivity index (χ1v) is 13.5. The van der Waals surface area contributed by atoms with Crippen LogP contribution in [0.2, 0.25) is 0 Å². The predicted octanol–water partition coefficient (Wildman–Crippen LogP) is 3.65. The third kappa shape index (κ3) is 3.91. The van der Waals surface area contributed by atoms with E-state index in [1.165, 1.54) is 3.97 Å². The van der Waals surface area contributed by atoms with Gasteiger partial charge >= 0.3 is 0 Å². The zero-order chi connectivity index (χ0) is 24.9. The van der Waals surface area contributed by atoms with Gasteiger partial charge in [0.2, 0.25) is 15.9 Å². The van der Waals surface area contributed by atoms with Gasteiger partial charge in [-0.05, 0) is 62.4 Å². The topological polar surface area (TPSA) is 116 Å². The van der Waals surface area contributed by atoms with Crippen molar-refractivity contribution in [3.05, 3.63) is 72.4 Å². The van der Waals surface area contributed by atoms with E-state index in [9.17, 15) is 13.2 Å². The first-order chi connectivity index (χ1) is 17.4. The summed E-state index contributed by atoms with van der Waals surface area (Å²) in [6.07, 6.45) is 9.35. The molecule has 2 aliphatic rings. The summed E-state index contributed by atoms with van der Waals surface area (Å²) >= 11 is 0. The highest BCUT2D eigenvalue weighted by molar-refractivity contribution is 7.91. The van der Waals surface area contributed by atoms with E-state index in [2.05, 4.69) is 20.3 Å². The van der Waals surface area contributed by atoms with Crippen molar-refractivity contribution in [3.8, 4) is 17.1 Å². The molecule has 184 valence electrons. The third-order valence-corrected chi connectivity index (χ3v) is 8.91. The second kappa shape index (κ2) is 8.41. The van der Waals surface area contributed by atoms with E-state index in [1.54, 1.807) is 36.9 Å². The molecule has 1 amide bonds. The van der Waals surface area contributed by atoms with Gasteiger partial charge in [0.15, 0.2) is 0 Å². The van der Waals surface area contributed by atoms with Gasteiger partial charge in [-0.25, -0.2) is 17.4 Å². The van der Waals surface area contributed by atoms with E-state index < -0.39 is 15.6 Å². The average molecular weight is 504 g/mol. The predicted molar refractivity (Wildman–Crippen MR) is 134 cm³/mol. The first kappa shape index (κ1) is 22.7. The van der Waals surface area contributed by atoms with Crippen LogP contribution >= 0.6 is 0 Å². The van der Waals surface area contributed by atoms with Crippen LogP contribution < -0.4 is 10.1 Å². The van der Waals surface area contributed by atoms with Gasteiger partial charge in [0, 0.05) is 23.3 Å². The normalized spacial score (nSPS) is 16.6. The molecule has 0 aliphatic heterocycles. The zero-order valence-corrected chi connectivity index (χ0v) is 20.5. The number of aromatic nitrogens is 4. The van der Waals surface area contributed by atoms with Crippen LogP contribution in [0.4, 0.5) is 0 Å². The summed E-state index contributed by atoms with van der Waals surface area (Å²) in [5.74, 6) is 0.149. The van der Waals surface area contributed by atoms with E-state index in [4.69, 9.17) is 4.74 Å². The largest absolute Gasteiger partial charge is 0.477 e. The van der Waals surface area contributed by atoms with E-state index in [-0.39, 0.29) is 11.2 Å². The number of amides is 1. The quantitative estimate of drug-likeness (QED) is 0.390. The van der Waals surface area contributed by atoms with Gasteiger partial charge in [0.05, 0.1) is 41.0 Å². The highest BCUT2D eigenvalue weighted by Crippen LogP contribution is 2.48. The van der Waals surface area contributed by atoms with Crippen molar-refractivity contribution >= 4 is 26.8 Å². The lowest BCUT2D eigenvalue weighted by Gasteiger charge is -2.19. The van der Waals surface area contributed by atoms with Crippen LogP contribution in [0.25, 0.3) is 22.2 Å². The Bertz CT molecular complexity index is 1570. The van der Waals surface area contributed by atoms with E-state index in [0.29, 0.717) is 42.2 Å². The lowest BCUT2D eigenvalue weighted by Crippen LogP contribution is -2.35. The summed E-state index contributed by atoms with van der Waals surface area (Å²) in [7, 11) is -3.39. The molecule has 1 N–H and O–H groups in total. The molecule has 0 bridgehead atoms. The molecular formula is C26H25N5O4S. The van der Waals surface area contributed by atoms with Crippen LogP contribution in [0.3, 0.4) is 0 Å². The third-order valence-electron chi connectivity index (χ3n) is 6.73. The fourth-order valence-corrected chi connectivity index (χ4v) is 6.28. The molecule has 10 heteroatoms. The smallest absolute Gasteiger partial charge is 0.270 e. The first-order valence-electron chi connectivity index (χ1n) is 12.0. The molecule has 36 heavy (non-hydrogen) atoms. The number of fused-ring (bicyclic) bond motifs is 1. The monoisotopic (exact) mass is 503 g/mol. The second-order valence-electron chi connectivity index (χ2n) is 9.24. The van der Waals surface area contributed by atoms with Crippen molar-refractivity contribution in [3.63, 3.8) is 0 Å². The van der Waals surface area contributed by atoms with Crippen LogP contribution in [-0.4, -0.2) is 45.1 Å². The Morgan fingerprint density at radius 1 is 1.14 bits per heavy atom. The van der Waals surface area contributed by atoms with Gasteiger partial charge in [-0.1, -0.05) is 12.1 Å². The van der Waals surface area contributed by atoms with Crippen LogP contribution in [-0.2, 0) is 15.6 Å². The molecule has 2 fully saturated rings. The Morgan fingerprint density at radius 2 is 1.97 bits per heavy atom. The van der Waals surface area contributed by atoms with Gasteiger partial charge in [-0.3, -0.25) is 14.8 Å². The van der Waals surface area contributed by atoms with Crippen LogP contribution in [0, 0.1) is 0 Å². The number of rotatable bonds is 8. The van der Waals surface area contributed by atoms with Gasteiger partial charge in [-0.2, -0.15) is 0 Å². The standard InChI is InChI=1S/C26H25N5O4S/c1-2-35-24-16-27-15-22(29-24)17-6-9-21(28-14-17)25(32)30-26(11-12-26)20-4-3-5-23-19(20)10-13-31(23)36(33,34)18-7-8-18/h3-6,9-10,13-16,18H,2,7-8,11-12H2,1H3,(H,30,32). The number of hydrogen-bond acceptors (Lipinski definition) is 7. The van der Waals surface area contributed by atoms with Crippen molar-refractivity contribution in [1.29, 1.82) is 0 Å². The van der Waals surface area contributed by atoms with Gasteiger partial charge in [0.1, 0.15) is 5.69 Å². The molecule has 0 radical (unpaired) electrons. The lowest BCUT2D eigenvalue weighted by atomic mass is 10.00. The molecule has 0 spiro atoms. The fourth-order valence-electron chi connectivity index (χ4n) is 4.56. The Morgan fingerprint density at radius 3 is 2.67 bits per heavy atom. The molecule has 1 aromatic carbocycles. The molecule has 3 aromatic heterocycles. The Kier molecular flexibility index (Phi) is 5.29. The van der Waals surface area contributed by atoms with Crippen molar-refractivity contribution in [2.45, 2.75) is 43.4 Å². The molecule has 3 heterocycles. The lowest BCUT2D eigenvalue weighted by molar-refractivity contribution is 0.0926. The maximum Gasteiger partial charge on any atom is 0.270 e. The maximum atomic E-state index is 13.1. The molecule has 0 unspecified atom stereocenters. The molecule has 6 rings (SSSR count). The fraction of sp³-hybridized carbons (Fsp3) is 0.308. The second-order valence-corrected chi connectivity index (χ2v) is 11.3.